The molecule has 0 saturated carbocycles. The van der Waals surface area contributed by atoms with Crippen LogP contribution in [0.15, 0.2) is 36.9 Å². The van der Waals surface area contributed by atoms with E-state index in [9.17, 15) is 8.78 Å². The predicted octanol–water partition coefficient (Wildman–Crippen LogP) is 3.29. The Morgan fingerprint density at radius 3 is 2.69 bits per heavy atom. The summed E-state index contributed by atoms with van der Waals surface area (Å²) in [6, 6.07) is 6.16. The quantitative estimate of drug-likeness (QED) is 0.813. The Labute approximate surface area is 99.5 Å². The van der Waals surface area contributed by atoms with Crippen molar-refractivity contribution in [2.24, 2.45) is 5.73 Å². The Hall–Kier alpha value is -1.13. The maximum atomic E-state index is 11.9. The van der Waals surface area contributed by atoms with E-state index < -0.39 is 6.61 Å². The van der Waals surface area contributed by atoms with Crippen LogP contribution in [-0.2, 0) is 0 Å². The first-order valence-corrected chi connectivity index (χ1v) is 4.54. The van der Waals surface area contributed by atoms with Crippen LogP contribution in [0.2, 0.25) is 0 Å². The molecule has 1 aromatic rings. The number of benzene rings is 1. The van der Waals surface area contributed by atoms with Gasteiger partial charge in [0, 0.05) is 6.04 Å². The SMILES string of the molecule is C=CC[C@@H](N)c1cccc(OC(F)F)c1.Cl. The average Bonchev–Trinajstić information content (AvgIpc) is 2.17. The molecule has 0 aliphatic heterocycles. The topological polar surface area (TPSA) is 35.2 Å². The fourth-order valence-corrected chi connectivity index (χ4v) is 1.24. The van der Waals surface area contributed by atoms with Crippen molar-refractivity contribution in [3.63, 3.8) is 0 Å². The summed E-state index contributed by atoms with van der Waals surface area (Å²) in [5, 5.41) is 0. The second-order valence-corrected chi connectivity index (χ2v) is 3.08. The molecule has 90 valence electrons. The molecule has 2 nitrogen and oxygen atoms in total. The third kappa shape index (κ3) is 4.59. The second-order valence-electron chi connectivity index (χ2n) is 3.08. The second kappa shape index (κ2) is 7.19. The van der Waals surface area contributed by atoms with Gasteiger partial charge < -0.3 is 10.5 Å². The minimum Gasteiger partial charge on any atom is -0.435 e. The lowest BCUT2D eigenvalue weighted by molar-refractivity contribution is -0.0498. The lowest BCUT2D eigenvalue weighted by atomic mass is 10.0. The molecule has 2 N–H and O–H groups in total. The highest BCUT2D eigenvalue weighted by molar-refractivity contribution is 5.85. The molecule has 0 spiro atoms. The summed E-state index contributed by atoms with van der Waals surface area (Å²) in [5.74, 6) is 0.127. The maximum Gasteiger partial charge on any atom is 0.387 e. The fraction of sp³-hybridized carbons (Fsp3) is 0.273. The molecule has 0 bridgehead atoms. The molecule has 16 heavy (non-hydrogen) atoms. The van der Waals surface area contributed by atoms with Crippen molar-refractivity contribution >= 4 is 12.4 Å². The van der Waals surface area contributed by atoms with Crippen LogP contribution in [0, 0.1) is 0 Å². The van der Waals surface area contributed by atoms with Crippen molar-refractivity contribution in [1.29, 1.82) is 0 Å². The van der Waals surface area contributed by atoms with Crippen LogP contribution >= 0.6 is 12.4 Å². The highest BCUT2D eigenvalue weighted by atomic mass is 35.5. The lowest BCUT2D eigenvalue weighted by Gasteiger charge is -2.11. The van der Waals surface area contributed by atoms with E-state index in [0.29, 0.717) is 6.42 Å². The lowest BCUT2D eigenvalue weighted by Crippen LogP contribution is -2.09. The van der Waals surface area contributed by atoms with Crippen molar-refractivity contribution in [3.05, 3.63) is 42.5 Å². The summed E-state index contributed by atoms with van der Waals surface area (Å²) in [4.78, 5) is 0. The molecular formula is C11H14ClF2NO. The van der Waals surface area contributed by atoms with E-state index in [2.05, 4.69) is 11.3 Å². The molecule has 0 amide bonds. The highest BCUT2D eigenvalue weighted by Crippen LogP contribution is 2.21. The van der Waals surface area contributed by atoms with Crippen molar-refractivity contribution in [2.45, 2.75) is 19.1 Å². The average molecular weight is 250 g/mol. The zero-order chi connectivity index (χ0) is 11.3. The summed E-state index contributed by atoms with van der Waals surface area (Å²) in [5.41, 5.74) is 6.55. The van der Waals surface area contributed by atoms with Gasteiger partial charge in [-0.05, 0) is 24.1 Å². The largest absolute Gasteiger partial charge is 0.435 e. The third-order valence-corrected chi connectivity index (χ3v) is 1.93. The monoisotopic (exact) mass is 249 g/mol. The molecule has 1 atom stereocenters. The van der Waals surface area contributed by atoms with Crippen LogP contribution in [0.1, 0.15) is 18.0 Å². The summed E-state index contributed by atoms with van der Waals surface area (Å²) < 4.78 is 28.1. The number of hydrogen-bond acceptors (Lipinski definition) is 2. The van der Waals surface area contributed by atoms with Crippen molar-refractivity contribution in [3.8, 4) is 5.75 Å². The van der Waals surface area contributed by atoms with Gasteiger partial charge in [-0.25, -0.2) is 0 Å². The summed E-state index contributed by atoms with van der Waals surface area (Å²) in [7, 11) is 0. The summed E-state index contributed by atoms with van der Waals surface area (Å²) in [6.07, 6.45) is 2.28. The number of ether oxygens (including phenoxy) is 1. The zero-order valence-corrected chi connectivity index (χ0v) is 9.42. The van der Waals surface area contributed by atoms with Gasteiger partial charge in [0.05, 0.1) is 0 Å². The molecule has 1 rings (SSSR count). The van der Waals surface area contributed by atoms with E-state index in [4.69, 9.17) is 5.73 Å². The van der Waals surface area contributed by atoms with Crippen LogP contribution in [0.4, 0.5) is 8.78 Å². The molecule has 0 unspecified atom stereocenters. The van der Waals surface area contributed by atoms with Gasteiger partial charge in [-0.3, -0.25) is 0 Å². The molecule has 5 heteroatoms. The Kier molecular flexibility index (Phi) is 6.69. The van der Waals surface area contributed by atoms with E-state index >= 15 is 0 Å². The van der Waals surface area contributed by atoms with Crippen molar-refractivity contribution < 1.29 is 13.5 Å². The first-order chi connectivity index (χ1) is 7.13. The third-order valence-electron chi connectivity index (χ3n) is 1.93. The van der Waals surface area contributed by atoms with Gasteiger partial charge >= 0.3 is 6.61 Å². The van der Waals surface area contributed by atoms with Crippen LogP contribution in [0.3, 0.4) is 0 Å². The Bertz CT molecular complexity index is 334. The smallest absolute Gasteiger partial charge is 0.387 e. The maximum absolute atomic E-state index is 11.9. The predicted molar refractivity (Wildman–Crippen MR) is 62.1 cm³/mol. The number of halogens is 3. The Morgan fingerprint density at radius 1 is 1.44 bits per heavy atom. The zero-order valence-electron chi connectivity index (χ0n) is 8.61. The minimum absolute atomic E-state index is 0. The Morgan fingerprint density at radius 2 is 2.12 bits per heavy atom. The fourth-order valence-electron chi connectivity index (χ4n) is 1.24. The van der Waals surface area contributed by atoms with E-state index in [1.807, 2.05) is 0 Å². The van der Waals surface area contributed by atoms with Crippen molar-refractivity contribution in [2.75, 3.05) is 0 Å². The molecule has 0 radical (unpaired) electrons. The van der Waals surface area contributed by atoms with Gasteiger partial charge in [-0.2, -0.15) is 8.78 Å². The number of nitrogens with two attached hydrogens (primary N) is 1. The number of hydrogen-bond donors (Lipinski definition) is 1. The summed E-state index contributed by atoms with van der Waals surface area (Å²) >= 11 is 0. The van der Waals surface area contributed by atoms with Crippen LogP contribution in [-0.4, -0.2) is 6.61 Å². The normalized spacial score (nSPS) is 11.8. The van der Waals surface area contributed by atoms with Crippen LogP contribution < -0.4 is 10.5 Å². The Balaban J connectivity index is 0.00000225. The molecule has 1 aromatic carbocycles. The minimum atomic E-state index is -2.81. The molecule has 0 aliphatic carbocycles. The van der Waals surface area contributed by atoms with Gasteiger partial charge in [-0.1, -0.05) is 18.2 Å². The van der Waals surface area contributed by atoms with E-state index in [1.54, 1.807) is 18.2 Å². The summed E-state index contributed by atoms with van der Waals surface area (Å²) in [6.45, 7) is 0.756. The number of rotatable bonds is 5. The van der Waals surface area contributed by atoms with Gasteiger partial charge in [0.1, 0.15) is 5.75 Å². The highest BCUT2D eigenvalue weighted by Gasteiger charge is 2.07. The first-order valence-electron chi connectivity index (χ1n) is 4.54. The van der Waals surface area contributed by atoms with Crippen molar-refractivity contribution in [1.82, 2.24) is 0 Å². The van der Waals surface area contributed by atoms with E-state index in [1.165, 1.54) is 12.1 Å². The molecule has 0 aliphatic rings. The molecule has 0 aromatic heterocycles. The van der Waals surface area contributed by atoms with E-state index in [0.717, 1.165) is 5.56 Å². The first kappa shape index (κ1) is 14.9. The molecular weight excluding hydrogens is 236 g/mol. The molecule has 0 fully saturated rings. The van der Waals surface area contributed by atoms with E-state index in [-0.39, 0.29) is 24.2 Å². The molecule has 0 heterocycles. The standard InChI is InChI=1S/C11H13F2NO.ClH/c1-2-4-10(14)8-5-3-6-9(7-8)15-11(12)13;/h2-3,5-7,10-11H,1,4,14H2;1H/t10-;/m1./s1. The van der Waals surface area contributed by atoms with Gasteiger partial charge in [0.25, 0.3) is 0 Å². The van der Waals surface area contributed by atoms with Crippen LogP contribution in [0.25, 0.3) is 0 Å². The van der Waals surface area contributed by atoms with Gasteiger partial charge in [0.2, 0.25) is 0 Å². The van der Waals surface area contributed by atoms with Gasteiger partial charge in [0.15, 0.2) is 0 Å². The van der Waals surface area contributed by atoms with Crippen LogP contribution in [0.5, 0.6) is 5.75 Å². The number of alkyl halides is 2. The van der Waals surface area contributed by atoms with Gasteiger partial charge in [-0.15, -0.1) is 19.0 Å². The molecule has 0 saturated heterocycles.